The molecule has 0 aliphatic rings. The molecule has 0 aromatic heterocycles. The lowest BCUT2D eigenvalue weighted by Gasteiger charge is -2.25. The predicted molar refractivity (Wildman–Crippen MR) is 84.0 cm³/mol. The van der Waals surface area contributed by atoms with Gasteiger partial charge in [0.15, 0.2) is 0 Å². The van der Waals surface area contributed by atoms with Crippen molar-refractivity contribution in [2.75, 3.05) is 14.1 Å². The van der Waals surface area contributed by atoms with Gasteiger partial charge in [0, 0.05) is 11.0 Å². The lowest BCUT2D eigenvalue weighted by atomic mass is 9.97. The van der Waals surface area contributed by atoms with Gasteiger partial charge in [0.05, 0.1) is 6.04 Å². The molecule has 0 aliphatic carbocycles. The molecule has 1 atom stereocenters. The summed E-state index contributed by atoms with van der Waals surface area (Å²) < 4.78 is 1.11. The Balaban J connectivity index is 2.39. The number of rotatable bonds is 4. The molecule has 0 fully saturated rings. The van der Waals surface area contributed by atoms with Gasteiger partial charge in [-0.1, -0.05) is 52.3 Å². The van der Waals surface area contributed by atoms with Crippen molar-refractivity contribution in [3.8, 4) is 0 Å². The van der Waals surface area contributed by atoms with E-state index < -0.39 is 0 Å². The first-order valence-electron chi connectivity index (χ1n) is 6.32. The molecule has 0 aliphatic heterocycles. The lowest BCUT2D eigenvalue weighted by Crippen LogP contribution is -2.21. The number of hydrogen-bond acceptors (Lipinski definition) is 2. The molecule has 0 amide bonds. The molecule has 0 radical (unpaired) electrons. The van der Waals surface area contributed by atoms with Crippen molar-refractivity contribution >= 4 is 15.9 Å². The van der Waals surface area contributed by atoms with Crippen LogP contribution in [0.3, 0.4) is 0 Å². The number of hydrogen-bond donors (Lipinski definition) is 1. The van der Waals surface area contributed by atoms with Crippen LogP contribution in [0.5, 0.6) is 0 Å². The van der Waals surface area contributed by atoms with Crippen LogP contribution >= 0.6 is 15.9 Å². The molecule has 0 spiro atoms. The van der Waals surface area contributed by atoms with Crippen molar-refractivity contribution in [1.82, 2.24) is 4.90 Å². The van der Waals surface area contributed by atoms with Gasteiger partial charge in [0.1, 0.15) is 0 Å². The SMILES string of the molecule is CN(C)C(c1ccc(CN)cc1)c1cccc(Br)c1. The number of benzene rings is 2. The second-order valence-electron chi connectivity index (χ2n) is 4.87. The van der Waals surface area contributed by atoms with Gasteiger partial charge < -0.3 is 5.73 Å². The van der Waals surface area contributed by atoms with Crippen molar-refractivity contribution < 1.29 is 0 Å². The number of halogens is 1. The van der Waals surface area contributed by atoms with E-state index in [0.717, 1.165) is 10.0 Å². The van der Waals surface area contributed by atoms with Crippen molar-refractivity contribution in [3.63, 3.8) is 0 Å². The Morgan fingerprint density at radius 3 is 2.26 bits per heavy atom. The molecule has 0 bridgehead atoms. The monoisotopic (exact) mass is 318 g/mol. The molecule has 0 saturated carbocycles. The van der Waals surface area contributed by atoms with Crippen LogP contribution in [0.2, 0.25) is 0 Å². The van der Waals surface area contributed by atoms with Crippen LogP contribution in [-0.4, -0.2) is 19.0 Å². The van der Waals surface area contributed by atoms with E-state index >= 15 is 0 Å². The fourth-order valence-corrected chi connectivity index (χ4v) is 2.72. The third-order valence-electron chi connectivity index (χ3n) is 3.21. The van der Waals surface area contributed by atoms with Gasteiger partial charge in [-0.25, -0.2) is 0 Å². The maximum atomic E-state index is 5.65. The first kappa shape index (κ1) is 14.3. The van der Waals surface area contributed by atoms with Crippen LogP contribution in [0.1, 0.15) is 22.7 Å². The molecule has 0 heterocycles. The molecular formula is C16H19BrN2. The van der Waals surface area contributed by atoms with Crippen LogP contribution < -0.4 is 5.73 Å². The van der Waals surface area contributed by atoms with Crippen molar-refractivity contribution in [3.05, 3.63) is 69.7 Å². The smallest absolute Gasteiger partial charge is 0.0597 e. The molecule has 1 unspecified atom stereocenters. The van der Waals surface area contributed by atoms with E-state index in [0.29, 0.717) is 6.54 Å². The number of nitrogens with zero attached hydrogens (tertiary/aromatic N) is 1. The van der Waals surface area contributed by atoms with Crippen LogP contribution in [-0.2, 0) is 6.54 Å². The van der Waals surface area contributed by atoms with Gasteiger partial charge in [-0.3, -0.25) is 4.90 Å². The van der Waals surface area contributed by atoms with E-state index in [1.54, 1.807) is 0 Å². The van der Waals surface area contributed by atoms with E-state index in [1.807, 2.05) is 6.07 Å². The Labute approximate surface area is 123 Å². The minimum absolute atomic E-state index is 0.254. The summed E-state index contributed by atoms with van der Waals surface area (Å²) in [6, 6.07) is 17.2. The highest BCUT2D eigenvalue weighted by atomic mass is 79.9. The van der Waals surface area contributed by atoms with Gasteiger partial charge in [-0.15, -0.1) is 0 Å². The van der Waals surface area contributed by atoms with Gasteiger partial charge in [-0.05, 0) is 42.9 Å². The molecular weight excluding hydrogens is 300 g/mol. The Bertz CT molecular complexity index is 535. The van der Waals surface area contributed by atoms with Crippen molar-refractivity contribution in [2.24, 2.45) is 5.73 Å². The first-order chi connectivity index (χ1) is 9.11. The minimum atomic E-state index is 0.254. The zero-order valence-electron chi connectivity index (χ0n) is 11.3. The largest absolute Gasteiger partial charge is 0.326 e. The molecule has 2 N–H and O–H groups in total. The maximum Gasteiger partial charge on any atom is 0.0597 e. The molecule has 19 heavy (non-hydrogen) atoms. The van der Waals surface area contributed by atoms with Gasteiger partial charge >= 0.3 is 0 Å². The summed E-state index contributed by atoms with van der Waals surface area (Å²) in [4.78, 5) is 2.22. The summed E-state index contributed by atoms with van der Waals surface area (Å²) in [6.45, 7) is 0.587. The van der Waals surface area contributed by atoms with E-state index in [2.05, 4.69) is 77.4 Å². The third-order valence-corrected chi connectivity index (χ3v) is 3.71. The summed E-state index contributed by atoms with van der Waals surface area (Å²) >= 11 is 3.54. The van der Waals surface area contributed by atoms with Gasteiger partial charge in [-0.2, -0.15) is 0 Å². The highest BCUT2D eigenvalue weighted by molar-refractivity contribution is 9.10. The summed E-state index contributed by atoms with van der Waals surface area (Å²) in [6.07, 6.45) is 0. The lowest BCUT2D eigenvalue weighted by molar-refractivity contribution is 0.342. The van der Waals surface area contributed by atoms with Crippen molar-refractivity contribution in [1.29, 1.82) is 0 Å². The Morgan fingerprint density at radius 1 is 1.05 bits per heavy atom. The highest BCUT2D eigenvalue weighted by Crippen LogP contribution is 2.28. The van der Waals surface area contributed by atoms with E-state index in [1.165, 1.54) is 11.1 Å². The zero-order valence-corrected chi connectivity index (χ0v) is 12.9. The average Bonchev–Trinajstić information content (AvgIpc) is 2.39. The van der Waals surface area contributed by atoms with E-state index in [-0.39, 0.29) is 6.04 Å². The van der Waals surface area contributed by atoms with Gasteiger partial charge in [0.25, 0.3) is 0 Å². The van der Waals surface area contributed by atoms with Gasteiger partial charge in [0.2, 0.25) is 0 Å². The minimum Gasteiger partial charge on any atom is -0.326 e. The fraction of sp³-hybridized carbons (Fsp3) is 0.250. The average molecular weight is 319 g/mol. The summed E-state index contributed by atoms with van der Waals surface area (Å²) in [5.41, 5.74) is 9.37. The second kappa shape index (κ2) is 6.33. The standard InChI is InChI=1S/C16H19BrN2/c1-19(2)16(14-4-3-5-15(17)10-14)13-8-6-12(11-18)7-9-13/h3-10,16H,11,18H2,1-2H3. The Hall–Kier alpha value is -1.16. The summed E-state index contributed by atoms with van der Waals surface area (Å²) in [5, 5.41) is 0. The van der Waals surface area contributed by atoms with Crippen molar-refractivity contribution in [2.45, 2.75) is 12.6 Å². The maximum absolute atomic E-state index is 5.65. The predicted octanol–water partition coefficient (Wildman–Crippen LogP) is 3.56. The van der Waals surface area contributed by atoms with Crippen LogP contribution in [0.4, 0.5) is 0 Å². The molecule has 2 nitrogen and oxygen atoms in total. The number of nitrogens with two attached hydrogens (primary N) is 1. The molecule has 2 aromatic rings. The highest BCUT2D eigenvalue weighted by Gasteiger charge is 2.16. The molecule has 0 saturated heterocycles. The second-order valence-corrected chi connectivity index (χ2v) is 5.78. The topological polar surface area (TPSA) is 29.3 Å². The Kier molecular flexibility index (Phi) is 4.75. The molecule has 3 heteroatoms. The fourth-order valence-electron chi connectivity index (χ4n) is 2.30. The third kappa shape index (κ3) is 3.44. The quantitative estimate of drug-likeness (QED) is 0.934. The Morgan fingerprint density at radius 2 is 1.74 bits per heavy atom. The van der Waals surface area contributed by atoms with E-state index in [9.17, 15) is 0 Å². The van der Waals surface area contributed by atoms with Crippen LogP contribution in [0.15, 0.2) is 53.0 Å². The zero-order chi connectivity index (χ0) is 13.8. The summed E-state index contributed by atoms with van der Waals surface area (Å²) in [5.74, 6) is 0. The van der Waals surface area contributed by atoms with Crippen LogP contribution in [0, 0.1) is 0 Å². The molecule has 2 rings (SSSR count). The normalized spacial score (nSPS) is 12.7. The summed E-state index contributed by atoms with van der Waals surface area (Å²) in [7, 11) is 4.20. The first-order valence-corrected chi connectivity index (χ1v) is 7.12. The molecule has 2 aromatic carbocycles. The van der Waals surface area contributed by atoms with E-state index in [4.69, 9.17) is 5.73 Å². The molecule has 100 valence electrons. The van der Waals surface area contributed by atoms with Crippen LogP contribution in [0.25, 0.3) is 0 Å².